The zero-order valence-electron chi connectivity index (χ0n) is 9.44. The SMILES string of the molecule is Cc1c(NCc2ccccc2O)cnn1C. The first kappa shape index (κ1) is 10.5. The Labute approximate surface area is 94.5 Å². The van der Waals surface area contributed by atoms with E-state index >= 15 is 0 Å². The zero-order chi connectivity index (χ0) is 11.5. The smallest absolute Gasteiger partial charge is 0.120 e. The normalized spacial score (nSPS) is 10.4. The Balaban J connectivity index is 2.08. The molecular formula is C12H15N3O. The minimum absolute atomic E-state index is 0.316. The summed E-state index contributed by atoms with van der Waals surface area (Å²) in [5, 5.41) is 17.0. The van der Waals surface area contributed by atoms with Crippen LogP contribution in [-0.2, 0) is 13.6 Å². The van der Waals surface area contributed by atoms with Crippen molar-refractivity contribution in [1.82, 2.24) is 9.78 Å². The average Bonchev–Trinajstić information content (AvgIpc) is 2.59. The Bertz CT molecular complexity index is 491. The van der Waals surface area contributed by atoms with E-state index in [1.54, 1.807) is 12.3 Å². The maximum absolute atomic E-state index is 9.60. The van der Waals surface area contributed by atoms with Crippen LogP contribution in [0.2, 0.25) is 0 Å². The monoisotopic (exact) mass is 217 g/mol. The van der Waals surface area contributed by atoms with Crippen molar-refractivity contribution in [2.24, 2.45) is 7.05 Å². The molecule has 1 heterocycles. The molecule has 0 amide bonds. The van der Waals surface area contributed by atoms with Crippen LogP contribution >= 0.6 is 0 Å². The van der Waals surface area contributed by atoms with Crippen molar-refractivity contribution >= 4 is 5.69 Å². The largest absolute Gasteiger partial charge is 0.508 e. The van der Waals surface area contributed by atoms with Crippen molar-refractivity contribution in [2.45, 2.75) is 13.5 Å². The number of rotatable bonds is 3. The summed E-state index contributed by atoms with van der Waals surface area (Å²) in [5.74, 6) is 0.316. The summed E-state index contributed by atoms with van der Waals surface area (Å²) in [7, 11) is 1.90. The highest BCUT2D eigenvalue weighted by Gasteiger charge is 2.04. The summed E-state index contributed by atoms with van der Waals surface area (Å²) >= 11 is 0. The zero-order valence-corrected chi connectivity index (χ0v) is 9.44. The maximum atomic E-state index is 9.60. The highest BCUT2D eigenvalue weighted by atomic mass is 16.3. The summed E-state index contributed by atoms with van der Waals surface area (Å²) in [6.45, 7) is 2.60. The summed E-state index contributed by atoms with van der Waals surface area (Å²) in [6.07, 6.45) is 1.79. The Kier molecular flexibility index (Phi) is 2.81. The third-order valence-corrected chi connectivity index (χ3v) is 2.70. The quantitative estimate of drug-likeness (QED) is 0.827. The molecule has 1 aromatic heterocycles. The average molecular weight is 217 g/mol. The molecule has 2 rings (SSSR count). The van der Waals surface area contributed by atoms with Crippen LogP contribution in [-0.4, -0.2) is 14.9 Å². The van der Waals surface area contributed by atoms with Gasteiger partial charge in [-0.3, -0.25) is 4.68 Å². The predicted octanol–water partition coefficient (Wildman–Crippen LogP) is 2.05. The molecule has 0 atom stereocenters. The minimum Gasteiger partial charge on any atom is -0.508 e. The van der Waals surface area contributed by atoms with Gasteiger partial charge >= 0.3 is 0 Å². The van der Waals surface area contributed by atoms with Gasteiger partial charge in [-0.1, -0.05) is 18.2 Å². The maximum Gasteiger partial charge on any atom is 0.120 e. The molecule has 2 aromatic rings. The van der Waals surface area contributed by atoms with E-state index in [4.69, 9.17) is 0 Å². The molecule has 0 aliphatic carbocycles. The molecular weight excluding hydrogens is 202 g/mol. The lowest BCUT2D eigenvalue weighted by Crippen LogP contribution is -2.01. The van der Waals surface area contributed by atoms with E-state index < -0.39 is 0 Å². The van der Waals surface area contributed by atoms with Gasteiger partial charge < -0.3 is 10.4 Å². The molecule has 4 heteroatoms. The number of phenolic OH excluding ortho intramolecular Hbond substituents is 1. The molecule has 0 fully saturated rings. The highest BCUT2D eigenvalue weighted by molar-refractivity contribution is 5.47. The number of phenols is 1. The van der Waals surface area contributed by atoms with E-state index in [0.29, 0.717) is 12.3 Å². The number of para-hydroxylation sites is 1. The third kappa shape index (κ3) is 2.00. The molecule has 0 bridgehead atoms. The van der Waals surface area contributed by atoms with Crippen molar-refractivity contribution in [3.8, 4) is 5.75 Å². The predicted molar refractivity (Wildman–Crippen MR) is 63.4 cm³/mol. The fourth-order valence-corrected chi connectivity index (χ4v) is 1.52. The van der Waals surface area contributed by atoms with Crippen molar-refractivity contribution < 1.29 is 5.11 Å². The van der Waals surface area contributed by atoms with E-state index in [1.165, 1.54) is 0 Å². The van der Waals surface area contributed by atoms with Crippen molar-refractivity contribution in [3.05, 3.63) is 41.7 Å². The van der Waals surface area contributed by atoms with Crippen LogP contribution in [0.1, 0.15) is 11.3 Å². The van der Waals surface area contributed by atoms with Gasteiger partial charge in [-0.15, -0.1) is 0 Å². The molecule has 0 spiro atoms. The van der Waals surface area contributed by atoms with Gasteiger partial charge in [0.1, 0.15) is 5.75 Å². The summed E-state index contributed by atoms with van der Waals surface area (Å²) in [5.41, 5.74) is 2.95. The van der Waals surface area contributed by atoms with Crippen molar-refractivity contribution in [3.63, 3.8) is 0 Å². The summed E-state index contributed by atoms with van der Waals surface area (Å²) < 4.78 is 1.81. The second kappa shape index (κ2) is 4.26. The first-order valence-electron chi connectivity index (χ1n) is 5.18. The van der Waals surface area contributed by atoms with Crippen LogP contribution in [0.4, 0.5) is 5.69 Å². The van der Waals surface area contributed by atoms with Crippen LogP contribution in [0, 0.1) is 6.92 Å². The van der Waals surface area contributed by atoms with Gasteiger partial charge in [-0.25, -0.2) is 0 Å². The number of hydrogen-bond donors (Lipinski definition) is 2. The summed E-state index contributed by atoms with van der Waals surface area (Å²) in [4.78, 5) is 0. The molecule has 2 N–H and O–H groups in total. The lowest BCUT2D eigenvalue weighted by Gasteiger charge is -2.07. The van der Waals surface area contributed by atoms with E-state index in [2.05, 4.69) is 10.4 Å². The van der Waals surface area contributed by atoms with Crippen LogP contribution in [0.25, 0.3) is 0 Å². The van der Waals surface area contributed by atoms with Gasteiger partial charge in [0.25, 0.3) is 0 Å². The number of nitrogens with one attached hydrogen (secondary N) is 1. The lowest BCUT2D eigenvalue weighted by molar-refractivity contribution is 0.469. The standard InChI is InChI=1S/C12H15N3O/c1-9-11(8-14-15(9)2)13-7-10-5-3-4-6-12(10)16/h3-6,8,13,16H,7H2,1-2H3. The Hall–Kier alpha value is -1.97. The Morgan fingerprint density at radius 1 is 1.38 bits per heavy atom. The van der Waals surface area contributed by atoms with Crippen LogP contribution in [0.5, 0.6) is 5.75 Å². The molecule has 0 aliphatic heterocycles. The number of hydrogen-bond acceptors (Lipinski definition) is 3. The number of aromatic nitrogens is 2. The number of anilines is 1. The van der Waals surface area contributed by atoms with E-state index in [-0.39, 0.29) is 0 Å². The molecule has 0 aliphatic rings. The fourth-order valence-electron chi connectivity index (χ4n) is 1.52. The van der Waals surface area contributed by atoms with Gasteiger partial charge in [0.2, 0.25) is 0 Å². The minimum atomic E-state index is 0.316. The topological polar surface area (TPSA) is 50.1 Å². The van der Waals surface area contributed by atoms with Crippen LogP contribution in [0.3, 0.4) is 0 Å². The third-order valence-electron chi connectivity index (χ3n) is 2.70. The molecule has 1 aromatic carbocycles. The fraction of sp³-hybridized carbons (Fsp3) is 0.250. The molecule has 0 radical (unpaired) electrons. The Morgan fingerprint density at radius 2 is 2.12 bits per heavy atom. The van der Waals surface area contributed by atoms with Crippen LogP contribution < -0.4 is 5.32 Å². The summed E-state index contributed by atoms with van der Waals surface area (Å²) in [6, 6.07) is 7.31. The van der Waals surface area contributed by atoms with Crippen molar-refractivity contribution in [2.75, 3.05) is 5.32 Å². The van der Waals surface area contributed by atoms with E-state index in [1.807, 2.05) is 36.9 Å². The van der Waals surface area contributed by atoms with Crippen molar-refractivity contribution in [1.29, 1.82) is 0 Å². The number of nitrogens with zero attached hydrogens (tertiary/aromatic N) is 2. The molecule has 0 saturated carbocycles. The highest BCUT2D eigenvalue weighted by Crippen LogP contribution is 2.18. The number of aryl methyl sites for hydroxylation is 1. The molecule has 16 heavy (non-hydrogen) atoms. The second-order valence-corrected chi connectivity index (χ2v) is 3.75. The molecule has 0 unspecified atom stereocenters. The molecule has 84 valence electrons. The van der Waals surface area contributed by atoms with Gasteiger partial charge in [-0.05, 0) is 13.0 Å². The van der Waals surface area contributed by atoms with Gasteiger partial charge in [-0.2, -0.15) is 5.10 Å². The second-order valence-electron chi connectivity index (χ2n) is 3.75. The van der Waals surface area contributed by atoms with E-state index in [9.17, 15) is 5.11 Å². The van der Waals surface area contributed by atoms with Gasteiger partial charge in [0.05, 0.1) is 17.6 Å². The van der Waals surface area contributed by atoms with Gasteiger partial charge in [0.15, 0.2) is 0 Å². The first-order valence-corrected chi connectivity index (χ1v) is 5.18. The number of benzene rings is 1. The number of aromatic hydroxyl groups is 1. The Morgan fingerprint density at radius 3 is 2.75 bits per heavy atom. The van der Waals surface area contributed by atoms with Crippen LogP contribution in [0.15, 0.2) is 30.5 Å². The molecule has 4 nitrogen and oxygen atoms in total. The first-order chi connectivity index (χ1) is 7.68. The van der Waals surface area contributed by atoms with Gasteiger partial charge in [0, 0.05) is 19.2 Å². The molecule has 0 saturated heterocycles. The lowest BCUT2D eigenvalue weighted by atomic mass is 10.2. The van der Waals surface area contributed by atoms with E-state index in [0.717, 1.165) is 16.9 Å².